The highest BCUT2D eigenvalue weighted by Gasteiger charge is 2.21. The van der Waals surface area contributed by atoms with Crippen LogP contribution in [0.25, 0.3) is 11.0 Å². The first-order valence-electron chi connectivity index (χ1n) is 9.36. The van der Waals surface area contributed by atoms with E-state index in [2.05, 4.69) is 19.2 Å². The van der Waals surface area contributed by atoms with E-state index in [1.807, 2.05) is 54.6 Å². The molecule has 0 amide bonds. The minimum Gasteiger partial charge on any atom is -0.490 e. The van der Waals surface area contributed by atoms with Crippen molar-refractivity contribution < 1.29 is 13.9 Å². The van der Waals surface area contributed by atoms with Gasteiger partial charge >= 0.3 is 0 Å². The molecule has 2 aromatic carbocycles. The number of furan rings is 1. The number of fused-ring (bicyclic) bond motifs is 1. The van der Waals surface area contributed by atoms with Crippen LogP contribution in [0.1, 0.15) is 47.9 Å². The lowest BCUT2D eigenvalue weighted by molar-refractivity contribution is 0.101. The van der Waals surface area contributed by atoms with E-state index in [0.717, 1.165) is 35.1 Å². The zero-order chi connectivity index (χ0) is 19.1. The Bertz CT molecular complexity index is 960. The molecule has 27 heavy (non-hydrogen) atoms. The second-order valence-corrected chi connectivity index (χ2v) is 6.40. The van der Waals surface area contributed by atoms with Gasteiger partial charge in [0.2, 0.25) is 5.78 Å². The monoisotopic (exact) mass is 360 g/mol. The largest absolute Gasteiger partial charge is 0.490 e. The van der Waals surface area contributed by atoms with E-state index < -0.39 is 0 Å². The van der Waals surface area contributed by atoms with Crippen LogP contribution in [0.4, 0.5) is 0 Å². The van der Waals surface area contributed by atoms with Crippen LogP contribution < -0.4 is 0 Å². The summed E-state index contributed by atoms with van der Waals surface area (Å²) in [6.45, 7) is 6.52. The maximum absolute atomic E-state index is 13.0. The van der Waals surface area contributed by atoms with Crippen molar-refractivity contribution in [2.75, 3.05) is 6.61 Å². The summed E-state index contributed by atoms with van der Waals surface area (Å²) in [4.78, 5) is 13.0. The minimum atomic E-state index is -0.0992. The van der Waals surface area contributed by atoms with Crippen molar-refractivity contribution >= 4 is 16.8 Å². The molecule has 3 rings (SSSR count). The Balaban J connectivity index is 1.89. The van der Waals surface area contributed by atoms with Crippen molar-refractivity contribution in [1.29, 1.82) is 0 Å². The Kier molecular flexibility index (Phi) is 6.30. The van der Waals surface area contributed by atoms with Gasteiger partial charge in [0.15, 0.2) is 5.76 Å². The van der Waals surface area contributed by atoms with Gasteiger partial charge in [0.25, 0.3) is 0 Å². The summed E-state index contributed by atoms with van der Waals surface area (Å²) in [6.07, 6.45) is 3.34. The Morgan fingerprint density at radius 3 is 2.59 bits per heavy atom. The smallest absolute Gasteiger partial charge is 0.228 e. The van der Waals surface area contributed by atoms with Crippen LogP contribution in [0.3, 0.4) is 0 Å². The molecular weight excluding hydrogens is 336 g/mol. The van der Waals surface area contributed by atoms with Crippen LogP contribution in [0.5, 0.6) is 0 Å². The number of rotatable bonds is 9. The number of ketones is 1. The lowest BCUT2D eigenvalue weighted by Gasteiger charge is -2.08. The summed E-state index contributed by atoms with van der Waals surface area (Å²) in [5.74, 6) is 1.03. The van der Waals surface area contributed by atoms with Crippen LogP contribution in [0.15, 0.2) is 77.1 Å². The SMILES string of the molecule is C=C=C(CCc1c(C(=O)c2ccccc2)oc2ccccc12)OCCCC. The van der Waals surface area contributed by atoms with Crippen molar-refractivity contribution in [2.24, 2.45) is 0 Å². The molecule has 0 aliphatic carbocycles. The van der Waals surface area contributed by atoms with Gasteiger partial charge in [-0.25, -0.2) is 0 Å². The van der Waals surface area contributed by atoms with E-state index in [-0.39, 0.29) is 5.78 Å². The summed E-state index contributed by atoms with van der Waals surface area (Å²) in [7, 11) is 0. The average molecular weight is 360 g/mol. The number of allylic oxidation sites excluding steroid dienone is 1. The Hall–Kier alpha value is -3.03. The number of para-hydroxylation sites is 1. The van der Waals surface area contributed by atoms with Crippen molar-refractivity contribution in [3.63, 3.8) is 0 Å². The van der Waals surface area contributed by atoms with Gasteiger partial charge in [0.1, 0.15) is 11.3 Å². The second-order valence-electron chi connectivity index (χ2n) is 6.40. The van der Waals surface area contributed by atoms with Gasteiger partial charge in [-0.05, 0) is 18.9 Å². The molecule has 0 N–H and O–H groups in total. The third-order valence-electron chi connectivity index (χ3n) is 4.51. The molecule has 0 saturated carbocycles. The van der Waals surface area contributed by atoms with Crippen LogP contribution in [-0.2, 0) is 11.2 Å². The minimum absolute atomic E-state index is 0.0992. The quantitative estimate of drug-likeness (QED) is 0.201. The highest BCUT2D eigenvalue weighted by molar-refractivity contribution is 6.10. The Morgan fingerprint density at radius 1 is 1.11 bits per heavy atom. The third-order valence-corrected chi connectivity index (χ3v) is 4.51. The van der Waals surface area contributed by atoms with Crippen molar-refractivity contribution in [1.82, 2.24) is 0 Å². The van der Waals surface area contributed by atoms with Crippen LogP contribution in [0, 0.1) is 0 Å². The second kappa shape index (κ2) is 9.07. The number of ether oxygens (including phenoxy) is 1. The fourth-order valence-electron chi connectivity index (χ4n) is 3.04. The summed E-state index contributed by atoms with van der Waals surface area (Å²) >= 11 is 0. The average Bonchev–Trinajstić information content (AvgIpc) is 3.09. The molecular formula is C24H24O3. The van der Waals surface area contributed by atoms with E-state index in [1.165, 1.54) is 0 Å². The fraction of sp³-hybridized carbons (Fsp3) is 0.250. The van der Waals surface area contributed by atoms with E-state index >= 15 is 0 Å². The number of carbonyl (C=O) groups excluding carboxylic acids is 1. The topological polar surface area (TPSA) is 39.4 Å². The highest BCUT2D eigenvalue weighted by Crippen LogP contribution is 2.29. The summed E-state index contributed by atoms with van der Waals surface area (Å²) < 4.78 is 11.7. The highest BCUT2D eigenvalue weighted by atomic mass is 16.5. The van der Waals surface area contributed by atoms with E-state index in [0.29, 0.717) is 30.8 Å². The molecule has 0 atom stereocenters. The molecule has 3 aromatic rings. The summed E-state index contributed by atoms with van der Waals surface area (Å²) in [5.41, 5.74) is 5.14. The van der Waals surface area contributed by atoms with Crippen LogP contribution in [0.2, 0.25) is 0 Å². The van der Waals surface area contributed by atoms with Gasteiger partial charge < -0.3 is 9.15 Å². The molecule has 138 valence electrons. The number of aryl methyl sites for hydroxylation is 1. The molecule has 1 heterocycles. The van der Waals surface area contributed by atoms with Gasteiger partial charge in [0, 0.05) is 22.9 Å². The molecule has 0 aliphatic heterocycles. The van der Waals surface area contributed by atoms with Gasteiger partial charge in [0.05, 0.1) is 6.61 Å². The lowest BCUT2D eigenvalue weighted by atomic mass is 10.00. The number of benzene rings is 2. The van der Waals surface area contributed by atoms with E-state index in [9.17, 15) is 4.79 Å². The van der Waals surface area contributed by atoms with Crippen LogP contribution in [-0.4, -0.2) is 12.4 Å². The van der Waals surface area contributed by atoms with Crippen molar-refractivity contribution in [2.45, 2.75) is 32.6 Å². The molecule has 0 bridgehead atoms. The van der Waals surface area contributed by atoms with Crippen molar-refractivity contribution in [3.05, 3.63) is 89.6 Å². The number of hydrogen-bond donors (Lipinski definition) is 0. The molecule has 0 aliphatic rings. The first kappa shape index (κ1) is 18.8. The number of hydrogen-bond acceptors (Lipinski definition) is 3. The van der Waals surface area contributed by atoms with Gasteiger partial charge in [-0.1, -0.05) is 74.2 Å². The predicted molar refractivity (Wildman–Crippen MR) is 108 cm³/mol. The fourth-order valence-corrected chi connectivity index (χ4v) is 3.04. The first-order valence-corrected chi connectivity index (χ1v) is 9.36. The normalized spacial score (nSPS) is 10.6. The zero-order valence-electron chi connectivity index (χ0n) is 15.7. The third kappa shape index (κ3) is 4.39. The van der Waals surface area contributed by atoms with E-state index in [4.69, 9.17) is 9.15 Å². The van der Waals surface area contributed by atoms with E-state index in [1.54, 1.807) is 0 Å². The van der Waals surface area contributed by atoms with Crippen molar-refractivity contribution in [3.8, 4) is 0 Å². The standard InChI is InChI=1S/C24H24O3/c1-3-5-17-26-19(4-2)15-16-21-20-13-9-10-14-22(20)27-24(21)23(25)18-11-7-6-8-12-18/h6-14H,2-3,5,15-17H2,1H3. The molecule has 3 heteroatoms. The molecule has 0 saturated heterocycles. The molecule has 3 nitrogen and oxygen atoms in total. The predicted octanol–water partition coefficient (Wildman–Crippen LogP) is 6.08. The first-order chi connectivity index (χ1) is 13.2. The maximum Gasteiger partial charge on any atom is 0.228 e. The molecule has 0 spiro atoms. The molecule has 1 aromatic heterocycles. The maximum atomic E-state index is 13.0. The Labute approximate surface area is 160 Å². The molecule has 0 unspecified atom stereocenters. The van der Waals surface area contributed by atoms with Gasteiger partial charge in [-0.15, -0.1) is 0 Å². The van der Waals surface area contributed by atoms with Gasteiger partial charge in [-0.2, -0.15) is 0 Å². The zero-order valence-corrected chi connectivity index (χ0v) is 15.7. The summed E-state index contributed by atoms with van der Waals surface area (Å²) in [5, 5.41) is 0.966. The number of unbranched alkanes of at least 4 members (excludes halogenated alkanes) is 1. The Morgan fingerprint density at radius 2 is 1.85 bits per heavy atom. The van der Waals surface area contributed by atoms with Gasteiger partial charge in [-0.3, -0.25) is 4.79 Å². The molecule has 0 fully saturated rings. The molecule has 0 radical (unpaired) electrons. The lowest BCUT2D eigenvalue weighted by Crippen LogP contribution is -2.04. The van der Waals surface area contributed by atoms with Crippen LogP contribution >= 0.6 is 0 Å². The summed E-state index contributed by atoms with van der Waals surface area (Å²) in [6, 6.07) is 17.0. The number of carbonyl (C=O) groups is 1.